The van der Waals surface area contributed by atoms with Gasteiger partial charge in [-0.2, -0.15) is 5.10 Å². The maximum absolute atomic E-state index is 12.2. The minimum atomic E-state index is -0.852. The van der Waals surface area contributed by atoms with Crippen molar-refractivity contribution in [3.8, 4) is 0 Å². The molecule has 6 nitrogen and oxygen atoms in total. The summed E-state index contributed by atoms with van der Waals surface area (Å²) in [6.45, 7) is 0. The van der Waals surface area contributed by atoms with Gasteiger partial charge in [-0.15, -0.1) is 0 Å². The van der Waals surface area contributed by atoms with E-state index in [1.165, 1.54) is 7.11 Å². The van der Waals surface area contributed by atoms with Crippen LogP contribution in [0.5, 0.6) is 0 Å². The van der Waals surface area contributed by atoms with Gasteiger partial charge in [0.25, 0.3) is 0 Å². The summed E-state index contributed by atoms with van der Waals surface area (Å²) in [7, 11) is 1.30. The first kappa shape index (κ1) is 15.7. The number of carbonyl (C=O) groups excluding carboxylic acids is 2. The molecular formula is C18H17N3O3. The number of carbonyl (C=O) groups is 2. The van der Waals surface area contributed by atoms with E-state index in [-0.39, 0.29) is 12.3 Å². The van der Waals surface area contributed by atoms with Crippen molar-refractivity contribution in [3.63, 3.8) is 0 Å². The first-order chi connectivity index (χ1) is 11.7. The van der Waals surface area contributed by atoms with E-state index in [0.29, 0.717) is 11.3 Å². The topological polar surface area (TPSA) is 84.1 Å². The van der Waals surface area contributed by atoms with Crippen LogP contribution in [0.1, 0.15) is 17.3 Å². The van der Waals surface area contributed by atoms with Gasteiger partial charge in [-0.3, -0.25) is 9.89 Å². The van der Waals surface area contributed by atoms with E-state index in [2.05, 4.69) is 15.5 Å². The summed E-state index contributed by atoms with van der Waals surface area (Å²) in [5.41, 5.74) is 1.35. The van der Waals surface area contributed by atoms with Crippen molar-refractivity contribution in [1.82, 2.24) is 15.5 Å². The standard InChI is InChI=1S/C18H17N3O3/c1-24-18(23)17(20-16(22)11-15-8-9-19-21-15)14-7-6-12-4-2-3-5-13(12)10-14/h2-10,17H,11H2,1H3,(H,19,21)(H,20,22)/t17-/m1/s1. The van der Waals surface area contributed by atoms with E-state index in [1.807, 2.05) is 42.5 Å². The number of methoxy groups -OCH3 is 1. The summed E-state index contributed by atoms with van der Waals surface area (Å²) in [6.07, 6.45) is 1.69. The zero-order valence-electron chi connectivity index (χ0n) is 13.2. The monoisotopic (exact) mass is 323 g/mol. The number of esters is 1. The number of ether oxygens (including phenoxy) is 1. The Morgan fingerprint density at radius 3 is 2.67 bits per heavy atom. The molecule has 2 aromatic carbocycles. The number of hydrogen-bond acceptors (Lipinski definition) is 4. The lowest BCUT2D eigenvalue weighted by atomic mass is 10.0. The lowest BCUT2D eigenvalue weighted by Gasteiger charge is -2.17. The molecule has 0 aliphatic carbocycles. The van der Waals surface area contributed by atoms with Gasteiger partial charge >= 0.3 is 5.97 Å². The Balaban J connectivity index is 1.84. The van der Waals surface area contributed by atoms with Crippen LogP contribution in [0.3, 0.4) is 0 Å². The first-order valence-corrected chi connectivity index (χ1v) is 7.51. The molecule has 3 aromatic rings. The molecular weight excluding hydrogens is 306 g/mol. The number of aromatic nitrogens is 2. The number of hydrogen-bond donors (Lipinski definition) is 2. The highest BCUT2D eigenvalue weighted by molar-refractivity contribution is 5.89. The number of aromatic amines is 1. The van der Waals surface area contributed by atoms with Crippen LogP contribution in [0.2, 0.25) is 0 Å². The number of H-pyrrole nitrogens is 1. The molecule has 0 spiro atoms. The smallest absolute Gasteiger partial charge is 0.333 e. The second-order valence-electron chi connectivity index (χ2n) is 5.39. The van der Waals surface area contributed by atoms with Gasteiger partial charge in [-0.05, 0) is 28.5 Å². The molecule has 1 heterocycles. The van der Waals surface area contributed by atoms with E-state index < -0.39 is 12.0 Å². The number of fused-ring (bicyclic) bond motifs is 1. The van der Waals surface area contributed by atoms with E-state index in [9.17, 15) is 9.59 Å². The molecule has 1 aromatic heterocycles. The Hall–Kier alpha value is -3.15. The number of rotatable bonds is 5. The van der Waals surface area contributed by atoms with Gasteiger partial charge in [0.05, 0.1) is 13.5 Å². The average Bonchev–Trinajstić information content (AvgIpc) is 3.11. The Kier molecular flexibility index (Phi) is 4.56. The third-order valence-electron chi connectivity index (χ3n) is 3.76. The molecule has 122 valence electrons. The van der Waals surface area contributed by atoms with Crippen molar-refractivity contribution in [2.45, 2.75) is 12.5 Å². The highest BCUT2D eigenvalue weighted by Gasteiger charge is 2.24. The molecule has 1 amide bonds. The van der Waals surface area contributed by atoms with Crippen molar-refractivity contribution in [1.29, 1.82) is 0 Å². The molecule has 0 saturated heterocycles. The summed E-state index contributed by atoms with van der Waals surface area (Å²) in [5, 5.41) is 11.3. The second kappa shape index (κ2) is 6.95. The van der Waals surface area contributed by atoms with Crippen LogP contribution in [-0.2, 0) is 20.7 Å². The molecule has 24 heavy (non-hydrogen) atoms. The van der Waals surface area contributed by atoms with Crippen LogP contribution >= 0.6 is 0 Å². The molecule has 0 bridgehead atoms. The van der Waals surface area contributed by atoms with Crippen molar-refractivity contribution in [3.05, 3.63) is 66.0 Å². The molecule has 0 radical (unpaired) electrons. The van der Waals surface area contributed by atoms with E-state index in [4.69, 9.17) is 4.74 Å². The molecule has 2 N–H and O–H groups in total. The summed E-state index contributed by atoms with van der Waals surface area (Å²) in [5.74, 6) is -0.800. The third-order valence-corrected chi connectivity index (χ3v) is 3.76. The Bertz CT molecular complexity index is 859. The Morgan fingerprint density at radius 2 is 1.96 bits per heavy atom. The van der Waals surface area contributed by atoms with Gasteiger partial charge in [0.1, 0.15) is 0 Å². The molecule has 0 fully saturated rings. The normalized spacial score (nSPS) is 11.9. The molecule has 0 unspecified atom stereocenters. The van der Waals surface area contributed by atoms with Crippen molar-refractivity contribution in [2.75, 3.05) is 7.11 Å². The predicted molar refractivity (Wildman–Crippen MR) is 89.1 cm³/mol. The van der Waals surface area contributed by atoms with Gasteiger partial charge in [0.15, 0.2) is 6.04 Å². The van der Waals surface area contributed by atoms with Crippen LogP contribution in [0, 0.1) is 0 Å². The molecule has 0 saturated carbocycles. The average molecular weight is 323 g/mol. The number of nitrogens with zero attached hydrogens (tertiary/aromatic N) is 1. The van der Waals surface area contributed by atoms with Crippen molar-refractivity contribution in [2.24, 2.45) is 0 Å². The Labute approximate surface area is 138 Å². The lowest BCUT2D eigenvalue weighted by Crippen LogP contribution is -2.35. The maximum atomic E-state index is 12.2. The number of amides is 1. The van der Waals surface area contributed by atoms with E-state index >= 15 is 0 Å². The Morgan fingerprint density at radius 1 is 1.17 bits per heavy atom. The molecule has 0 aliphatic rings. The van der Waals surface area contributed by atoms with Crippen LogP contribution in [-0.4, -0.2) is 29.2 Å². The quantitative estimate of drug-likeness (QED) is 0.705. The number of benzene rings is 2. The summed E-state index contributed by atoms with van der Waals surface area (Å²) >= 11 is 0. The fourth-order valence-electron chi connectivity index (χ4n) is 2.55. The zero-order chi connectivity index (χ0) is 16.9. The molecule has 6 heteroatoms. The second-order valence-corrected chi connectivity index (χ2v) is 5.39. The third kappa shape index (κ3) is 3.43. The van der Waals surface area contributed by atoms with Crippen LogP contribution in [0.25, 0.3) is 10.8 Å². The lowest BCUT2D eigenvalue weighted by molar-refractivity contribution is -0.145. The maximum Gasteiger partial charge on any atom is 0.333 e. The van der Waals surface area contributed by atoms with Crippen molar-refractivity contribution < 1.29 is 14.3 Å². The number of nitrogens with one attached hydrogen (secondary N) is 2. The minimum absolute atomic E-state index is 0.112. The van der Waals surface area contributed by atoms with Crippen LogP contribution in [0.4, 0.5) is 0 Å². The summed E-state index contributed by atoms with van der Waals surface area (Å²) < 4.78 is 4.84. The predicted octanol–water partition coefficient (Wildman–Crippen LogP) is 2.14. The van der Waals surface area contributed by atoms with Gasteiger partial charge < -0.3 is 10.1 Å². The van der Waals surface area contributed by atoms with Gasteiger partial charge in [0, 0.05) is 11.9 Å². The van der Waals surface area contributed by atoms with Crippen molar-refractivity contribution >= 4 is 22.6 Å². The van der Waals surface area contributed by atoms with E-state index in [1.54, 1.807) is 12.3 Å². The first-order valence-electron chi connectivity index (χ1n) is 7.51. The summed E-state index contributed by atoms with van der Waals surface area (Å²) in [4.78, 5) is 24.3. The fourth-order valence-corrected chi connectivity index (χ4v) is 2.55. The summed E-state index contributed by atoms with van der Waals surface area (Å²) in [6, 6.07) is 14.3. The fraction of sp³-hybridized carbons (Fsp3) is 0.167. The highest BCUT2D eigenvalue weighted by Crippen LogP contribution is 2.21. The molecule has 1 atom stereocenters. The van der Waals surface area contributed by atoms with Gasteiger partial charge in [0.2, 0.25) is 5.91 Å². The molecule has 3 rings (SSSR count). The SMILES string of the molecule is COC(=O)[C@H](NC(=O)Cc1ccn[nH]1)c1ccc2ccccc2c1. The van der Waals surface area contributed by atoms with Gasteiger partial charge in [-0.25, -0.2) is 4.79 Å². The molecule has 0 aliphatic heterocycles. The van der Waals surface area contributed by atoms with Crippen LogP contribution < -0.4 is 5.32 Å². The zero-order valence-corrected chi connectivity index (χ0v) is 13.2. The van der Waals surface area contributed by atoms with Gasteiger partial charge in [-0.1, -0.05) is 36.4 Å². The van der Waals surface area contributed by atoms with Crippen LogP contribution in [0.15, 0.2) is 54.7 Å². The van der Waals surface area contributed by atoms with E-state index in [0.717, 1.165) is 10.8 Å². The minimum Gasteiger partial charge on any atom is -0.467 e. The highest BCUT2D eigenvalue weighted by atomic mass is 16.5. The largest absolute Gasteiger partial charge is 0.467 e.